The average Bonchev–Trinajstić information content (AvgIpc) is 2.27. The Labute approximate surface area is 105 Å². The Hall–Kier alpha value is -0.650. The van der Waals surface area contributed by atoms with Gasteiger partial charge in [-0.3, -0.25) is 10.2 Å². The maximum atomic E-state index is 10.9. The van der Waals surface area contributed by atoms with Crippen LogP contribution >= 0.6 is 0 Å². The van der Waals surface area contributed by atoms with Gasteiger partial charge in [-0.2, -0.15) is 0 Å². The third kappa shape index (κ3) is 11.6. The Kier molecular flexibility index (Phi) is 10.1. The lowest BCUT2D eigenvalue weighted by Gasteiger charge is -2.17. The lowest BCUT2D eigenvalue weighted by Crippen LogP contribution is -2.29. The molecule has 0 radical (unpaired) electrons. The topological polar surface area (TPSA) is 61.6 Å². The zero-order valence-electron chi connectivity index (χ0n) is 11.5. The molecule has 0 aromatic heterocycles. The molecule has 0 unspecified atom stereocenters. The lowest BCUT2D eigenvalue weighted by molar-refractivity contribution is -0.121. The number of unbranched alkanes of at least 4 members (excludes halogenated alkanes) is 2. The highest BCUT2D eigenvalue weighted by Crippen LogP contribution is 2.01. The summed E-state index contributed by atoms with van der Waals surface area (Å²) in [5, 5.41) is 0. The first-order valence-electron chi connectivity index (χ1n) is 6.39. The van der Waals surface area contributed by atoms with E-state index in [0.29, 0.717) is 6.42 Å². The van der Waals surface area contributed by atoms with E-state index in [-0.39, 0.29) is 5.91 Å². The predicted molar refractivity (Wildman–Crippen MR) is 71.5 cm³/mol. The molecular weight excluding hydrogens is 216 g/mol. The van der Waals surface area contributed by atoms with E-state index in [4.69, 9.17) is 5.84 Å². The normalized spacial score (nSPS) is 11.2. The molecule has 0 fully saturated rings. The average molecular weight is 244 g/mol. The number of nitrogens with one attached hydrogen (secondary N) is 1. The van der Waals surface area contributed by atoms with E-state index in [1.807, 2.05) is 0 Å². The molecular formula is C12H28N4O. The third-order valence-corrected chi connectivity index (χ3v) is 2.75. The van der Waals surface area contributed by atoms with E-state index in [2.05, 4.69) is 36.4 Å². The summed E-state index contributed by atoms with van der Waals surface area (Å²) >= 11 is 0. The van der Waals surface area contributed by atoms with Crippen molar-refractivity contribution in [1.29, 1.82) is 0 Å². The maximum Gasteiger partial charge on any atom is 0.233 e. The fourth-order valence-electron chi connectivity index (χ4n) is 1.68. The molecule has 1 amide bonds. The van der Waals surface area contributed by atoms with Crippen LogP contribution in [-0.2, 0) is 4.79 Å². The Morgan fingerprint density at radius 2 is 1.65 bits per heavy atom. The van der Waals surface area contributed by atoms with Crippen LogP contribution in [-0.4, -0.2) is 56.5 Å². The minimum absolute atomic E-state index is 0.0654. The molecule has 0 aliphatic carbocycles. The van der Waals surface area contributed by atoms with Gasteiger partial charge in [0, 0.05) is 6.42 Å². The number of nitrogens with zero attached hydrogens (tertiary/aromatic N) is 2. The van der Waals surface area contributed by atoms with Crippen molar-refractivity contribution >= 4 is 5.91 Å². The summed E-state index contributed by atoms with van der Waals surface area (Å²) < 4.78 is 0. The molecule has 102 valence electrons. The molecule has 0 saturated carbocycles. The summed E-state index contributed by atoms with van der Waals surface area (Å²) in [6.45, 7) is 3.39. The van der Waals surface area contributed by atoms with Crippen LogP contribution in [0.25, 0.3) is 0 Å². The van der Waals surface area contributed by atoms with Crippen LogP contribution < -0.4 is 11.3 Å². The predicted octanol–water partition coefficient (Wildman–Crippen LogP) is 0.420. The van der Waals surface area contributed by atoms with Crippen LogP contribution in [0.3, 0.4) is 0 Å². The van der Waals surface area contributed by atoms with Gasteiger partial charge in [-0.15, -0.1) is 0 Å². The Balaban J connectivity index is 3.27. The number of carbonyl (C=O) groups is 1. The summed E-state index contributed by atoms with van der Waals surface area (Å²) in [6, 6.07) is 0. The van der Waals surface area contributed by atoms with Gasteiger partial charge in [-0.05, 0) is 60.0 Å². The van der Waals surface area contributed by atoms with Crippen molar-refractivity contribution in [2.45, 2.75) is 32.1 Å². The first kappa shape index (κ1) is 16.4. The molecule has 0 aliphatic heterocycles. The molecule has 5 nitrogen and oxygen atoms in total. The largest absolute Gasteiger partial charge is 0.309 e. The van der Waals surface area contributed by atoms with Crippen LogP contribution in [0.5, 0.6) is 0 Å². The summed E-state index contributed by atoms with van der Waals surface area (Å²) in [5.74, 6) is 4.94. The molecule has 3 N–H and O–H groups in total. The molecule has 17 heavy (non-hydrogen) atoms. The molecule has 0 spiro atoms. The zero-order chi connectivity index (χ0) is 13.1. The highest BCUT2D eigenvalue weighted by atomic mass is 16.2. The van der Waals surface area contributed by atoms with Crippen molar-refractivity contribution in [3.8, 4) is 0 Å². The minimum Gasteiger partial charge on any atom is -0.309 e. The maximum absolute atomic E-state index is 10.9. The van der Waals surface area contributed by atoms with Gasteiger partial charge in [0.15, 0.2) is 0 Å². The fraction of sp³-hybridized carbons (Fsp3) is 0.917. The molecule has 0 heterocycles. The van der Waals surface area contributed by atoms with Crippen molar-refractivity contribution in [3.63, 3.8) is 0 Å². The van der Waals surface area contributed by atoms with Gasteiger partial charge in [0.1, 0.15) is 0 Å². The molecule has 5 heteroatoms. The monoisotopic (exact) mass is 244 g/mol. The number of hydrazine groups is 1. The highest BCUT2D eigenvalue weighted by molar-refractivity contribution is 5.74. The minimum atomic E-state index is -0.0654. The number of carbonyl (C=O) groups excluding carboxylic acids is 1. The van der Waals surface area contributed by atoms with Gasteiger partial charge >= 0.3 is 0 Å². The number of hydrogen-bond donors (Lipinski definition) is 2. The van der Waals surface area contributed by atoms with Crippen LogP contribution in [0.15, 0.2) is 0 Å². The van der Waals surface area contributed by atoms with Crippen molar-refractivity contribution in [2.24, 2.45) is 5.84 Å². The zero-order valence-corrected chi connectivity index (χ0v) is 11.5. The number of rotatable bonds is 10. The van der Waals surface area contributed by atoms with Crippen molar-refractivity contribution in [3.05, 3.63) is 0 Å². The van der Waals surface area contributed by atoms with Gasteiger partial charge in [-0.1, -0.05) is 6.42 Å². The molecule has 0 bridgehead atoms. The van der Waals surface area contributed by atoms with Crippen molar-refractivity contribution in [2.75, 3.05) is 40.8 Å². The van der Waals surface area contributed by atoms with Crippen molar-refractivity contribution in [1.82, 2.24) is 15.2 Å². The van der Waals surface area contributed by atoms with E-state index in [0.717, 1.165) is 38.9 Å². The first-order chi connectivity index (χ1) is 8.06. The van der Waals surface area contributed by atoms with Crippen LogP contribution in [0.2, 0.25) is 0 Å². The lowest BCUT2D eigenvalue weighted by atomic mass is 10.2. The SMILES string of the molecule is CN(C)CCCN(C)CCCCCC(=O)NN. The van der Waals surface area contributed by atoms with Crippen molar-refractivity contribution < 1.29 is 4.79 Å². The molecule has 0 aromatic carbocycles. The molecule has 0 saturated heterocycles. The van der Waals surface area contributed by atoms with Gasteiger partial charge in [0.2, 0.25) is 5.91 Å². The summed E-state index contributed by atoms with van der Waals surface area (Å²) in [5.41, 5.74) is 2.15. The third-order valence-electron chi connectivity index (χ3n) is 2.75. The van der Waals surface area contributed by atoms with Gasteiger partial charge in [0.25, 0.3) is 0 Å². The number of nitrogens with two attached hydrogens (primary N) is 1. The Bertz CT molecular complexity index is 197. The quantitative estimate of drug-likeness (QED) is 0.253. The second kappa shape index (κ2) is 10.5. The summed E-state index contributed by atoms with van der Waals surface area (Å²) in [4.78, 5) is 15.4. The van der Waals surface area contributed by atoms with E-state index in [9.17, 15) is 4.79 Å². The molecule has 0 aliphatic rings. The standard InChI is InChI=1S/C12H28N4O/c1-15(2)9-7-11-16(3)10-6-4-5-8-12(17)14-13/h4-11,13H2,1-3H3,(H,14,17). The van der Waals surface area contributed by atoms with E-state index in [1.54, 1.807) is 0 Å². The van der Waals surface area contributed by atoms with Crippen LogP contribution in [0, 0.1) is 0 Å². The van der Waals surface area contributed by atoms with Gasteiger partial charge in [-0.25, -0.2) is 5.84 Å². The van der Waals surface area contributed by atoms with Crippen LogP contribution in [0.1, 0.15) is 32.1 Å². The van der Waals surface area contributed by atoms with Gasteiger partial charge in [0.05, 0.1) is 0 Å². The van der Waals surface area contributed by atoms with E-state index in [1.165, 1.54) is 6.42 Å². The molecule has 0 aromatic rings. The smallest absolute Gasteiger partial charge is 0.233 e. The van der Waals surface area contributed by atoms with Crippen LogP contribution in [0.4, 0.5) is 0 Å². The second-order valence-electron chi connectivity index (χ2n) is 4.84. The van der Waals surface area contributed by atoms with E-state index < -0.39 is 0 Å². The van der Waals surface area contributed by atoms with E-state index >= 15 is 0 Å². The first-order valence-corrected chi connectivity index (χ1v) is 6.39. The highest BCUT2D eigenvalue weighted by Gasteiger charge is 2.00. The number of hydrogen-bond acceptors (Lipinski definition) is 4. The summed E-state index contributed by atoms with van der Waals surface area (Å²) in [7, 11) is 6.35. The summed E-state index contributed by atoms with van der Waals surface area (Å²) in [6.07, 6.45) is 4.91. The number of amides is 1. The molecule has 0 atom stereocenters. The Morgan fingerprint density at radius 1 is 1.00 bits per heavy atom. The Morgan fingerprint density at radius 3 is 2.24 bits per heavy atom. The second-order valence-corrected chi connectivity index (χ2v) is 4.84. The van der Waals surface area contributed by atoms with Gasteiger partial charge < -0.3 is 9.80 Å². The fourth-order valence-corrected chi connectivity index (χ4v) is 1.68. The molecule has 0 rings (SSSR count).